The Kier molecular flexibility index (Phi) is 4.82. The molecule has 1 aliphatic rings. The van der Waals surface area contributed by atoms with Gasteiger partial charge in [0.15, 0.2) is 11.3 Å². The fraction of sp³-hybridized carbons (Fsp3) is 0.300. The van der Waals surface area contributed by atoms with Crippen molar-refractivity contribution in [3.05, 3.63) is 60.3 Å². The SMILES string of the molecule is O=C(NCc1cccc(NC(=O)C2CCCC2)c1)c1nccn2ccnc12. The molecule has 0 saturated heterocycles. The first-order valence-electron chi connectivity index (χ1n) is 9.16. The van der Waals surface area contributed by atoms with Crippen LogP contribution in [-0.4, -0.2) is 26.2 Å². The molecule has 4 rings (SSSR count). The van der Waals surface area contributed by atoms with Gasteiger partial charge < -0.3 is 15.0 Å². The van der Waals surface area contributed by atoms with Gasteiger partial charge in [0.05, 0.1) is 0 Å². The largest absolute Gasteiger partial charge is 0.347 e. The molecule has 1 fully saturated rings. The number of nitrogens with zero attached hydrogens (tertiary/aromatic N) is 3. The van der Waals surface area contributed by atoms with Gasteiger partial charge in [0, 0.05) is 42.9 Å². The molecule has 0 radical (unpaired) electrons. The first-order chi connectivity index (χ1) is 13.2. The van der Waals surface area contributed by atoms with Crippen molar-refractivity contribution in [3.8, 4) is 0 Å². The summed E-state index contributed by atoms with van der Waals surface area (Å²) >= 11 is 0. The average Bonchev–Trinajstić information content (AvgIpc) is 3.37. The molecule has 7 heteroatoms. The van der Waals surface area contributed by atoms with Gasteiger partial charge >= 0.3 is 0 Å². The van der Waals surface area contributed by atoms with Gasteiger partial charge in [-0.15, -0.1) is 0 Å². The number of anilines is 1. The minimum absolute atomic E-state index is 0.0869. The minimum atomic E-state index is -0.285. The summed E-state index contributed by atoms with van der Waals surface area (Å²) in [7, 11) is 0. The number of rotatable bonds is 5. The predicted molar refractivity (Wildman–Crippen MR) is 101 cm³/mol. The molecule has 0 bridgehead atoms. The van der Waals surface area contributed by atoms with Crippen LogP contribution < -0.4 is 10.6 Å². The lowest BCUT2D eigenvalue weighted by atomic mass is 10.1. The molecule has 2 amide bonds. The highest BCUT2D eigenvalue weighted by Gasteiger charge is 2.22. The van der Waals surface area contributed by atoms with Crippen molar-refractivity contribution in [2.75, 3.05) is 5.32 Å². The summed E-state index contributed by atoms with van der Waals surface area (Å²) in [5.74, 6) is -0.0782. The normalized spacial score (nSPS) is 14.4. The van der Waals surface area contributed by atoms with Gasteiger partial charge in [-0.1, -0.05) is 25.0 Å². The van der Waals surface area contributed by atoms with Crippen LogP contribution >= 0.6 is 0 Å². The van der Waals surface area contributed by atoms with E-state index in [9.17, 15) is 9.59 Å². The van der Waals surface area contributed by atoms with E-state index in [-0.39, 0.29) is 23.4 Å². The Morgan fingerprint density at radius 1 is 1.11 bits per heavy atom. The van der Waals surface area contributed by atoms with Crippen LogP contribution in [0.2, 0.25) is 0 Å². The highest BCUT2D eigenvalue weighted by atomic mass is 16.2. The number of benzene rings is 1. The molecular formula is C20H21N5O2. The zero-order valence-corrected chi connectivity index (χ0v) is 14.9. The van der Waals surface area contributed by atoms with E-state index in [1.165, 1.54) is 0 Å². The van der Waals surface area contributed by atoms with E-state index >= 15 is 0 Å². The maximum absolute atomic E-state index is 12.5. The fourth-order valence-corrected chi connectivity index (χ4v) is 3.47. The summed E-state index contributed by atoms with van der Waals surface area (Å²) in [4.78, 5) is 33.1. The van der Waals surface area contributed by atoms with Gasteiger partial charge in [-0.2, -0.15) is 0 Å². The molecule has 3 aromatic rings. The third kappa shape index (κ3) is 3.81. The van der Waals surface area contributed by atoms with Crippen molar-refractivity contribution in [1.82, 2.24) is 19.7 Å². The topological polar surface area (TPSA) is 88.4 Å². The van der Waals surface area contributed by atoms with E-state index in [0.717, 1.165) is 36.9 Å². The summed E-state index contributed by atoms with van der Waals surface area (Å²) in [6.07, 6.45) is 10.9. The molecule has 138 valence electrons. The number of carbonyl (C=O) groups is 2. The monoisotopic (exact) mass is 363 g/mol. The lowest BCUT2D eigenvalue weighted by molar-refractivity contribution is -0.119. The highest BCUT2D eigenvalue weighted by Crippen LogP contribution is 2.26. The smallest absolute Gasteiger partial charge is 0.274 e. The van der Waals surface area contributed by atoms with E-state index < -0.39 is 0 Å². The first-order valence-corrected chi connectivity index (χ1v) is 9.16. The molecule has 0 unspecified atom stereocenters. The summed E-state index contributed by atoms with van der Waals surface area (Å²) in [6.45, 7) is 0.343. The molecule has 1 saturated carbocycles. The predicted octanol–water partition coefficient (Wildman–Crippen LogP) is 2.79. The van der Waals surface area contributed by atoms with E-state index in [2.05, 4.69) is 20.6 Å². The number of amides is 2. The highest BCUT2D eigenvalue weighted by molar-refractivity contribution is 5.97. The molecule has 2 heterocycles. The lowest BCUT2D eigenvalue weighted by Gasteiger charge is -2.12. The zero-order chi connectivity index (χ0) is 18.6. The molecule has 27 heavy (non-hydrogen) atoms. The van der Waals surface area contributed by atoms with Crippen LogP contribution in [0.1, 0.15) is 41.7 Å². The van der Waals surface area contributed by atoms with Crippen LogP contribution in [0, 0.1) is 5.92 Å². The molecule has 7 nitrogen and oxygen atoms in total. The number of nitrogens with one attached hydrogen (secondary N) is 2. The molecule has 2 aromatic heterocycles. The van der Waals surface area contributed by atoms with Gasteiger partial charge in [-0.3, -0.25) is 9.59 Å². The Bertz CT molecular complexity index is 975. The molecule has 2 N–H and O–H groups in total. The number of aromatic nitrogens is 3. The summed E-state index contributed by atoms with van der Waals surface area (Å²) < 4.78 is 1.75. The second-order valence-electron chi connectivity index (χ2n) is 6.79. The van der Waals surface area contributed by atoms with Crippen LogP contribution in [0.3, 0.4) is 0 Å². The summed E-state index contributed by atoms with van der Waals surface area (Å²) in [5.41, 5.74) is 2.47. The second kappa shape index (κ2) is 7.57. The van der Waals surface area contributed by atoms with E-state index in [1.807, 2.05) is 24.3 Å². The van der Waals surface area contributed by atoms with Crippen molar-refractivity contribution in [3.63, 3.8) is 0 Å². The van der Waals surface area contributed by atoms with Crippen molar-refractivity contribution >= 4 is 23.1 Å². The summed E-state index contributed by atoms with van der Waals surface area (Å²) in [6, 6.07) is 7.54. The van der Waals surface area contributed by atoms with Crippen LogP contribution in [-0.2, 0) is 11.3 Å². The van der Waals surface area contributed by atoms with Gasteiger partial charge in [0.2, 0.25) is 5.91 Å². The maximum atomic E-state index is 12.5. The van der Waals surface area contributed by atoms with E-state index in [1.54, 1.807) is 29.2 Å². The lowest BCUT2D eigenvalue weighted by Crippen LogP contribution is -2.25. The number of fused-ring (bicyclic) bond motifs is 1. The van der Waals surface area contributed by atoms with Gasteiger partial charge in [-0.05, 0) is 30.5 Å². The number of imidazole rings is 1. The first kappa shape index (κ1) is 17.2. The Morgan fingerprint density at radius 2 is 1.89 bits per heavy atom. The Labute approximate surface area is 156 Å². The van der Waals surface area contributed by atoms with Crippen LogP contribution in [0.4, 0.5) is 5.69 Å². The minimum Gasteiger partial charge on any atom is -0.347 e. The standard InChI is InChI=1S/C20H21N5O2/c26-19(15-5-1-2-6-15)24-16-7-3-4-14(12-16)13-23-20(27)17-18-22-9-11-25(18)10-8-21-17/h3-4,7-12,15H,1-2,5-6,13H2,(H,23,27)(H,24,26). The van der Waals surface area contributed by atoms with Crippen LogP contribution in [0.5, 0.6) is 0 Å². The Morgan fingerprint density at radius 3 is 2.70 bits per heavy atom. The molecule has 1 aliphatic carbocycles. The molecule has 1 aromatic carbocycles. The van der Waals surface area contributed by atoms with Crippen LogP contribution in [0.25, 0.3) is 5.65 Å². The summed E-state index contributed by atoms with van der Waals surface area (Å²) in [5, 5.41) is 5.85. The average molecular weight is 363 g/mol. The van der Waals surface area contributed by atoms with Gasteiger partial charge in [0.25, 0.3) is 5.91 Å². The molecule has 0 atom stereocenters. The van der Waals surface area contributed by atoms with Crippen molar-refractivity contribution in [2.45, 2.75) is 32.2 Å². The fourth-order valence-electron chi connectivity index (χ4n) is 3.47. The van der Waals surface area contributed by atoms with Crippen molar-refractivity contribution in [1.29, 1.82) is 0 Å². The second-order valence-corrected chi connectivity index (χ2v) is 6.79. The number of hydrogen-bond acceptors (Lipinski definition) is 4. The van der Waals surface area contributed by atoms with E-state index in [4.69, 9.17) is 0 Å². The van der Waals surface area contributed by atoms with Gasteiger partial charge in [-0.25, -0.2) is 9.97 Å². The Hall–Kier alpha value is -3.22. The number of hydrogen-bond donors (Lipinski definition) is 2. The molecular weight excluding hydrogens is 342 g/mol. The molecule has 0 aliphatic heterocycles. The van der Waals surface area contributed by atoms with E-state index in [0.29, 0.717) is 12.2 Å². The third-order valence-corrected chi connectivity index (χ3v) is 4.90. The zero-order valence-electron chi connectivity index (χ0n) is 14.9. The van der Waals surface area contributed by atoms with Crippen molar-refractivity contribution < 1.29 is 9.59 Å². The quantitative estimate of drug-likeness (QED) is 0.730. The third-order valence-electron chi connectivity index (χ3n) is 4.90. The molecule has 0 spiro atoms. The van der Waals surface area contributed by atoms with Crippen molar-refractivity contribution in [2.24, 2.45) is 5.92 Å². The van der Waals surface area contributed by atoms with Crippen LogP contribution in [0.15, 0.2) is 49.1 Å². The van der Waals surface area contributed by atoms with Gasteiger partial charge in [0.1, 0.15) is 0 Å². The Balaban J connectivity index is 1.40. The maximum Gasteiger partial charge on any atom is 0.274 e. The number of carbonyl (C=O) groups excluding carboxylic acids is 2.